The predicted octanol–water partition coefficient (Wildman–Crippen LogP) is 4.02. The number of aromatic amines is 1. The molecule has 7 nitrogen and oxygen atoms in total. The predicted molar refractivity (Wildman–Crippen MR) is 141 cm³/mol. The van der Waals surface area contributed by atoms with Crippen molar-refractivity contribution in [2.75, 3.05) is 13.1 Å². The van der Waals surface area contributed by atoms with Gasteiger partial charge in [-0.3, -0.25) is 9.98 Å². The number of H-pyrrole nitrogens is 1. The van der Waals surface area contributed by atoms with Crippen LogP contribution >= 0.6 is 0 Å². The molecular formula is C27H33N7. The van der Waals surface area contributed by atoms with Crippen molar-refractivity contribution in [2.24, 2.45) is 21.5 Å². The van der Waals surface area contributed by atoms with Gasteiger partial charge in [-0.05, 0) is 62.1 Å². The van der Waals surface area contributed by atoms with E-state index in [-0.39, 0.29) is 0 Å². The third-order valence-electron chi connectivity index (χ3n) is 6.23. The smallest absolute Gasteiger partial charge is 0.135 e. The number of hydrogen-bond donors (Lipinski definition) is 4. The molecule has 3 aromatic rings. The summed E-state index contributed by atoms with van der Waals surface area (Å²) in [6.07, 6.45) is 10.3. The molecule has 1 aromatic carbocycles. The number of nitrogens with one attached hydrogen (secondary N) is 2. The maximum absolute atomic E-state index is 6.53. The zero-order valence-corrected chi connectivity index (χ0v) is 19.9. The van der Waals surface area contributed by atoms with Crippen molar-refractivity contribution in [3.05, 3.63) is 83.6 Å². The Bertz CT molecular complexity index is 1210. The van der Waals surface area contributed by atoms with Crippen molar-refractivity contribution in [3.63, 3.8) is 0 Å². The summed E-state index contributed by atoms with van der Waals surface area (Å²) in [7, 11) is 0. The van der Waals surface area contributed by atoms with Crippen LogP contribution in [0.1, 0.15) is 36.6 Å². The van der Waals surface area contributed by atoms with Crippen molar-refractivity contribution in [1.82, 2.24) is 15.3 Å². The van der Waals surface area contributed by atoms with Gasteiger partial charge in [0.25, 0.3) is 0 Å². The van der Waals surface area contributed by atoms with E-state index in [0.29, 0.717) is 29.7 Å². The van der Waals surface area contributed by atoms with Gasteiger partial charge < -0.3 is 21.8 Å². The number of amidine groups is 1. The number of aliphatic imine (C=N–C) groups is 2. The molecule has 1 fully saturated rings. The Morgan fingerprint density at radius 2 is 2.12 bits per heavy atom. The van der Waals surface area contributed by atoms with E-state index in [2.05, 4.69) is 41.3 Å². The molecule has 176 valence electrons. The van der Waals surface area contributed by atoms with Crippen molar-refractivity contribution >= 4 is 17.2 Å². The molecule has 7 heteroatoms. The van der Waals surface area contributed by atoms with Gasteiger partial charge in [-0.1, -0.05) is 25.1 Å². The summed E-state index contributed by atoms with van der Waals surface area (Å²) in [5.74, 6) is 0.343. The summed E-state index contributed by atoms with van der Waals surface area (Å²) in [5, 5.41) is 3.51. The number of hydrogen-bond acceptors (Lipinski definition) is 5. The highest BCUT2D eigenvalue weighted by Crippen LogP contribution is 2.25. The molecule has 34 heavy (non-hydrogen) atoms. The number of rotatable bonds is 8. The van der Waals surface area contributed by atoms with Crippen LogP contribution in [0.3, 0.4) is 0 Å². The molecule has 4 rings (SSSR count). The van der Waals surface area contributed by atoms with E-state index < -0.39 is 0 Å². The zero-order valence-electron chi connectivity index (χ0n) is 19.9. The highest BCUT2D eigenvalue weighted by molar-refractivity contribution is 6.29. The van der Waals surface area contributed by atoms with Crippen LogP contribution in [-0.4, -0.2) is 40.6 Å². The molecule has 1 unspecified atom stereocenters. The van der Waals surface area contributed by atoms with Crippen LogP contribution in [0.2, 0.25) is 0 Å². The van der Waals surface area contributed by atoms with Gasteiger partial charge in [0.2, 0.25) is 0 Å². The second-order valence-corrected chi connectivity index (χ2v) is 8.53. The van der Waals surface area contributed by atoms with Gasteiger partial charge in [-0.15, -0.1) is 0 Å². The van der Waals surface area contributed by atoms with Crippen molar-refractivity contribution in [1.29, 1.82) is 0 Å². The maximum Gasteiger partial charge on any atom is 0.135 e. The molecule has 6 N–H and O–H groups in total. The Morgan fingerprint density at radius 3 is 2.85 bits per heavy atom. The minimum Gasteiger partial charge on any atom is -0.404 e. The molecule has 1 saturated heterocycles. The van der Waals surface area contributed by atoms with Crippen LogP contribution < -0.4 is 16.8 Å². The molecule has 2 aromatic heterocycles. The summed E-state index contributed by atoms with van der Waals surface area (Å²) in [6, 6.07) is 12.4. The van der Waals surface area contributed by atoms with Gasteiger partial charge in [0.1, 0.15) is 5.84 Å². The Kier molecular flexibility index (Phi) is 7.54. The number of nitrogens with zero attached hydrogens (tertiary/aromatic N) is 3. The van der Waals surface area contributed by atoms with Crippen LogP contribution in [0.15, 0.2) is 76.7 Å². The van der Waals surface area contributed by atoms with Gasteiger partial charge in [-0.25, -0.2) is 4.99 Å². The highest BCUT2D eigenvalue weighted by Gasteiger charge is 2.19. The molecule has 3 heterocycles. The largest absolute Gasteiger partial charge is 0.404 e. The summed E-state index contributed by atoms with van der Waals surface area (Å²) >= 11 is 0. The summed E-state index contributed by atoms with van der Waals surface area (Å²) < 4.78 is 0. The molecule has 0 spiro atoms. The molecule has 1 aliphatic rings. The fourth-order valence-corrected chi connectivity index (χ4v) is 4.28. The number of nitrogens with two attached hydrogens (primary N) is 2. The van der Waals surface area contributed by atoms with Gasteiger partial charge in [0.15, 0.2) is 0 Å². The third kappa shape index (κ3) is 5.26. The quantitative estimate of drug-likeness (QED) is 0.303. The first kappa shape index (κ1) is 23.4. The topological polar surface area (TPSA) is 117 Å². The molecule has 0 bridgehead atoms. The molecule has 0 amide bonds. The van der Waals surface area contributed by atoms with E-state index in [4.69, 9.17) is 21.5 Å². The zero-order chi connectivity index (χ0) is 23.9. The Labute approximate surface area is 201 Å². The van der Waals surface area contributed by atoms with Crippen LogP contribution in [0.5, 0.6) is 0 Å². The first-order valence-electron chi connectivity index (χ1n) is 11.8. The number of aromatic nitrogens is 2. The number of para-hydroxylation sites is 1. The first-order valence-corrected chi connectivity index (χ1v) is 11.8. The Hall–Kier alpha value is -3.71. The SMILES string of the molecule is CCc1ccccc1N=C(N)/C(=C/N)C(=NCC1CCCN1)c1cc(-c2cnccc2C)c[nH]1. The summed E-state index contributed by atoms with van der Waals surface area (Å²) in [5.41, 5.74) is 20.0. The maximum atomic E-state index is 6.53. The standard InChI is InChI=1S/C27H33N7/c1-3-19-7-4-5-9-24(19)34-27(29)22(14-28)26(33-16-21-8-6-11-31-21)25-13-20(15-32-25)23-17-30-12-10-18(23)2/h4-5,7,9-10,12-15,17,21,31-32H,3,6,8,11,16,28H2,1-2H3,(H2,29,34)/b22-14+,33-26?. The molecule has 1 aliphatic heterocycles. The fraction of sp³-hybridized carbons (Fsp3) is 0.296. The lowest BCUT2D eigenvalue weighted by atomic mass is 10.0. The Balaban J connectivity index is 1.73. The average Bonchev–Trinajstić information content (AvgIpc) is 3.55. The lowest BCUT2D eigenvalue weighted by Crippen LogP contribution is -2.27. The van der Waals surface area contributed by atoms with E-state index >= 15 is 0 Å². The summed E-state index contributed by atoms with van der Waals surface area (Å²) in [6.45, 7) is 5.85. The average molecular weight is 456 g/mol. The van der Waals surface area contributed by atoms with Crippen LogP contribution in [0, 0.1) is 6.92 Å². The van der Waals surface area contributed by atoms with Crippen molar-refractivity contribution < 1.29 is 0 Å². The second-order valence-electron chi connectivity index (χ2n) is 8.53. The second kappa shape index (κ2) is 10.9. The molecule has 0 saturated carbocycles. The van der Waals surface area contributed by atoms with E-state index in [1.807, 2.05) is 36.7 Å². The van der Waals surface area contributed by atoms with Gasteiger partial charge in [0, 0.05) is 42.0 Å². The van der Waals surface area contributed by atoms with Gasteiger partial charge in [-0.2, -0.15) is 0 Å². The van der Waals surface area contributed by atoms with E-state index in [9.17, 15) is 0 Å². The molecule has 1 atom stereocenters. The minimum absolute atomic E-state index is 0.343. The lowest BCUT2D eigenvalue weighted by molar-refractivity contribution is 0.618. The van der Waals surface area contributed by atoms with Crippen LogP contribution in [0.25, 0.3) is 11.1 Å². The van der Waals surface area contributed by atoms with E-state index in [1.165, 1.54) is 12.6 Å². The number of benzene rings is 1. The first-order chi connectivity index (χ1) is 16.6. The number of pyridine rings is 1. The number of aryl methyl sites for hydroxylation is 2. The molecule has 0 aliphatic carbocycles. The normalized spacial score (nSPS) is 17.4. The van der Waals surface area contributed by atoms with Crippen LogP contribution in [-0.2, 0) is 6.42 Å². The monoisotopic (exact) mass is 455 g/mol. The van der Waals surface area contributed by atoms with E-state index in [1.54, 1.807) is 6.20 Å². The third-order valence-corrected chi connectivity index (χ3v) is 6.23. The molecule has 0 radical (unpaired) electrons. The minimum atomic E-state index is 0.343. The lowest BCUT2D eigenvalue weighted by Gasteiger charge is -2.13. The Morgan fingerprint density at radius 1 is 1.26 bits per heavy atom. The van der Waals surface area contributed by atoms with Gasteiger partial charge in [0.05, 0.1) is 29.2 Å². The fourth-order valence-electron chi connectivity index (χ4n) is 4.28. The van der Waals surface area contributed by atoms with Crippen molar-refractivity contribution in [2.45, 2.75) is 39.2 Å². The molecular weight excluding hydrogens is 422 g/mol. The van der Waals surface area contributed by atoms with Crippen molar-refractivity contribution in [3.8, 4) is 11.1 Å². The highest BCUT2D eigenvalue weighted by atomic mass is 15.0. The summed E-state index contributed by atoms with van der Waals surface area (Å²) in [4.78, 5) is 17.4. The van der Waals surface area contributed by atoms with Gasteiger partial charge >= 0.3 is 0 Å². The van der Waals surface area contributed by atoms with E-state index in [0.717, 1.165) is 53.0 Å². The van der Waals surface area contributed by atoms with Crippen LogP contribution in [0.4, 0.5) is 5.69 Å².